The van der Waals surface area contributed by atoms with Crippen molar-refractivity contribution in [1.29, 1.82) is 10.7 Å². The second-order valence-electron chi connectivity index (χ2n) is 10.3. The number of quaternary nitrogens is 1. The lowest BCUT2D eigenvalue weighted by Gasteiger charge is -2.26. The fraction of sp³-hybridized carbons (Fsp3) is 0.407. The van der Waals surface area contributed by atoms with Crippen LogP contribution in [0.1, 0.15) is 43.1 Å². The highest BCUT2D eigenvalue weighted by Gasteiger charge is 2.51. The van der Waals surface area contributed by atoms with Crippen LogP contribution < -0.4 is 10.6 Å². The Morgan fingerprint density at radius 3 is 2.42 bits per heavy atom. The number of allylic oxidation sites excluding steroid dienone is 1. The van der Waals surface area contributed by atoms with E-state index in [-0.39, 0.29) is 18.7 Å². The lowest BCUT2D eigenvalue weighted by Crippen LogP contribution is -2.80. The Balaban J connectivity index is 1.76. The number of rotatable bonds is 8. The Kier molecular flexibility index (Phi) is 7.79. The van der Waals surface area contributed by atoms with Gasteiger partial charge in [0.05, 0.1) is 21.8 Å². The Labute approximate surface area is 230 Å². The van der Waals surface area contributed by atoms with E-state index in [1.165, 1.54) is 24.0 Å². The van der Waals surface area contributed by atoms with E-state index in [1.807, 2.05) is 0 Å². The number of nitrogens with zero attached hydrogens (tertiary/aromatic N) is 3. The highest BCUT2D eigenvalue weighted by atomic mass is 32.2. The number of carbonyl (C=O) groups is 1. The number of likely N-dealkylation sites (tertiary alicyclic amines) is 1. The molecule has 1 saturated heterocycles. The lowest BCUT2D eigenvalue weighted by molar-refractivity contribution is -0.536. The van der Waals surface area contributed by atoms with E-state index < -0.39 is 49.2 Å². The number of nitrogens with one attached hydrogen (secondary N) is 2. The Bertz CT molecular complexity index is 1510. The second-order valence-corrected chi connectivity index (χ2v) is 12.5. The van der Waals surface area contributed by atoms with Crippen molar-refractivity contribution in [3.05, 3.63) is 65.2 Å². The van der Waals surface area contributed by atoms with Crippen molar-refractivity contribution in [3.63, 3.8) is 0 Å². The molecule has 2 atom stereocenters. The molecular formula is C27H30F3N6O3S+. The van der Waals surface area contributed by atoms with Gasteiger partial charge in [0.2, 0.25) is 11.7 Å². The van der Waals surface area contributed by atoms with Crippen molar-refractivity contribution in [3.8, 4) is 6.07 Å². The predicted octanol–water partition coefficient (Wildman–Crippen LogP) is 2.88. The summed E-state index contributed by atoms with van der Waals surface area (Å²) >= 11 is 0. The standard InChI is InChI=1S/C27H29F3N6O3S/c1-16(32)10-24(34-19-11-17(2)33-18(3)12-19)36-14-20(13-22(36)25(37)35-26(15-31)8-9-26)40(38,39)23-7-5-4-6-21(23)27(28,29)30/h4-7,10-12,20,22,32H,8-9,13-14H2,1-3H3,(H,33,34)(H,35,37)/p+1/b24-10+,32-16?/t20-,22+/m1/s1. The van der Waals surface area contributed by atoms with E-state index in [4.69, 9.17) is 5.41 Å². The van der Waals surface area contributed by atoms with E-state index in [2.05, 4.69) is 16.4 Å². The number of sulfone groups is 1. The SMILES string of the molecule is CC(=N)/C=C(\[NH2+]c1cc(C)nc(C)c1)N1C[C@H](S(=O)(=O)c2ccccc2C(F)(F)F)C[C@H]1C(=O)NC1(C#N)CC1. The van der Waals surface area contributed by atoms with Crippen molar-refractivity contribution in [2.24, 2.45) is 0 Å². The molecule has 4 rings (SSSR count). The average molecular weight is 576 g/mol. The number of hydrogen-bond acceptors (Lipinski definition) is 7. The zero-order valence-corrected chi connectivity index (χ0v) is 23.0. The molecule has 2 fully saturated rings. The summed E-state index contributed by atoms with van der Waals surface area (Å²) < 4.78 is 68.6. The van der Waals surface area contributed by atoms with Gasteiger partial charge in [0.1, 0.15) is 17.3 Å². The highest BCUT2D eigenvalue weighted by molar-refractivity contribution is 7.92. The number of aryl methyl sites for hydroxylation is 2. The fourth-order valence-corrected chi connectivity index (χ4v) is 6.85. The van der Waals surface area contributed by atoms with Gasteiger partial charge in [-0.15, -0.1) is 0 Å². The third-order valence-electron chi connectivity index (χ3n) is 6.94. The van der Waals surface area contributed by atoms with E-state index in [9.17, 15) is 31.6 Å². The second kappa shape index (κ2) is 10.7. The molecule has 0 spiro atoms. The molecule has 1 amide bonds. The number of alkyl halides is 3. The molecule has 1 saturated carbocycles. The van der Waals surface area contributed by atoms with Crippen LogP contribution in [0, 0.1) is 30.6 Å². The van der Waals surface area contributed by atoms with Crippen LogP contribution in [0.15, 0.2) is 53.2 Å². The molecule has 1 aliphatic heterocycles. The first-order chi connectivity index (χ1) is 18.6. The number of nitrogens with two attached hydrogens (primary N) is 1. The maximum atomic E-state index is 13.7. The van der Waals surface area contributed by atoms with Gasteiger partial charge in [0.25, 0.3) is 0 Å². The maximum Gasteiger partial charge on any atom is 0.417 e. The zero-order chi connectivity index (χ0) is 29.5. The molecule has 1 aromatic heterocycles. The predicted molar refractivity (Wildman–Crippen MR) is 140 cm³/mol. The van der Waals surface area contributed by atoms with Crippen LogP contribution in [0.4, 0.5) is 18.9 Å². The topological polar surface area (TPSA) is 144 Å². The minimum absolute atomic E-state index is 0.123. The molecule has 0 unspecified atom stereocenters. The molecule has 9 nitrogen and oxygen atoms in total. The number of carbonyl (C=O) groups excluding carboxylic acids is 1. The number of amides is 1. The van der Waals surface area contributed by atoms with Gasteiger partial charge in [-0.2, -0.15) is 18.4 Å². The summed E-state index contributed by atoms with van der Waals surface area (Å²) in [6, 6.07) is 8.54. The number of hydrogen-bond donors (Lipinski definition) is 3. The quantitative estimate of drug-likeness (QED) is 0.413. The van der Waals surface area contributed by atoms with Crippen molar-refractivity contribution < 1.29 is 31.7 Å². The maximum absolute atomic E-state index is 13.7. The summed E-state index contributed by atoms with van der Waals surface area (Å²) in [7, 11) is -4.55. The third kappa shape index (κ3) is 6.18. The molecule has 2 aromatic rings. The van der Waals surface area contributed by atoms with Crippen molar-refractivity contribution in [1.82, 2.24) is 15.2 Å². The van der Waals surface area contributed by atoms with Gasteiger partial charge < -0.3 is 15.6 Å². The largest absolute Gasteiger partial charge is 0.417 e. The number of aromatic nitrogens is 1. The lowest BCUT2D eigenvalue weighted by atomic mass is 10.1. The van der Waals surface area contributed by atoms with Crippen LogP contribution in [0.25, 0.3) is 0 Å². The molecule has 1 aromatic carbocycles. The summed E-state index contributed by atoms with van der Waals surface area (Å²) in [5.74, 6) is -0.244. The summed E-state index contributed by atoms with van der Waals surface area (Å²) in [6.45, 7) is 4.84. The number of halogens is 3. The minimum atomic E-state index is -4.89. The van der Waals surface area contributed by atoms with Crippen LogP contribution >= 0.6 is 0 Å². The van der Waals surface area contributed by atoms with E-state index in [0.717, 1.165) is 29.6 Å². The van der Waals surface area contributed by atoms with Gasteiger partial charge in [-0.05, 0) is 52.2 Å². The van der Waals surface area contributed by atoms with Gasteiger partial charge in [0, 0.05) is 41.9 Å². The molecule has 40 heavy (non-hydrogen) atoms. The molecule has 0 radical (unpaired) electrons. The molecule has 2 aliphatic rings. The van der Waals surface area contributed by atoms with Crippen molar-refractivity contribution >= 4 is 27.1 Å². The van der Waals surface area contributed by atoms with Crippen LogP contribution in [-0.2, 0) is 20.8 Å². The van der Waals surface area contributed by atoms with Gasteiger partial charge in [0.15, 0.2) is 9.84 Å². The van der Waals surface area contributed by atoms with Gasteiger partial charge in [-0.1, -0.05) is 12.1 Å². The molecule has 2 heterocycles. The zero-order valence-electron chi connectivity index (χ0n) is 22.2. The van der Waals surface area contributed by atoms with Crippen LogP contribution in [0.3, 0.4) is 0 Å². The first kappa shape index (κ1) is 29.2. The molecule has 1 aliphatic carbocycles. The Morgan fingerprint density at radius 2 is 1.88 bits per heavy atom. The molecule has 4 N–H and O–H groups in total. The van der Waals surface area contributed by atoms with Crippen LogP contribution in [0.2, 0.25) is 0 Å². The molecular weight excluding hydrogens is 545 g/mol. The van der Waals surface area contributed by atoms with Gasteiger partial charge >= 0.3 is 6.18 Å². The summed E-state index contributed by atoms with van der Waals surface area (Å²) in [4.78, 5) is 18.5. The summed E-state index contributed by atoms with van der Waals surface area (Å²) in [5, 5.41) is 20.6. The van der Waals surface area contributed by atoms with Gasteiger partial charge in [-0.3, -0.25) is 15.1 Å². The van der Waals surface area contributed by atoms with Crippen molar-refractivity contribution in [2.75, 3.05) is 6.54 Å². The molecule has 212 valence electrons. The van der Waals surface area contributed by atoms with E-state index >= 15 is 0 Å². The number of nitriles is 1. The number of pyridine rings is 1. The van der Waals surface area contributed by atoms with Crippen LogP contribution in [-0.4, -0.2) is 53.3 Å². The third-order valence-corrected chi connectivity index (χ3v) is 9.13. The smallest absolute Gasteiger partial charge is 0.336 e. The van der Waals surface area contributed by atoms with E-state index in [1.54, 1.807) is 31.3 Å². The average Bonchev–Trinajstić information content (AvgIpc) is 3.47. The van der Waals surface area contributed by atoms with Crippen LogP contribution in [0.5, 0.6) is 0 Å². The normalized spacial score (nSPS) is 20.6. The fourth-order valence-electron chi connectivity index (χ4n) is 4.94. The first-order valence-electron chi connectivity index (χ1n) is 12.6. The number of benzene rings is 1. The monoisotopic (exact) mass is 575 g/mol. The van der Waals surface area contributed by atoms with Crippen molar-refractivity contribution in [2.45, 2.75) is 67.9 Å². The molecule has 13 heteroatoms. The van der Waals surface area contributed by atoms with E-state index in [0.29, 0.717) is 24.4 Å². The minimum Gasteiger partial charge on any atom is -0.336 e. The Morgan fingerprint density at radius 1 is 1.25 bits per heavy atom. The van der Waals surface area contributed by atoms with Gasteiger partial charge in [-0.25, -0.2) is 8.42 Å². The first-order valence-corrected chi connectivity index (χ1v) is 14.2. The Hall–Kier alpha value is -3.76. The molecule has 0 bridgehead atoms. The summed E-state index contributed by atoms with van der Waals surface area (Å²) in [5.41, 5.74) is -0.0364. The highest BCUT2D eigenvalue weighted by Crippen LogP contribution is 2.39. The summed E-state index contributed by atoms with van der Waals surface area (Å²) in [6.07, 6.45) is -2.81.